The Balaban J connectivity index is 2.08. The van der Waals surface area contributed by atoms with Crippen molar-refractivity contribution in [2.75, 3.05) is 6.61 Å². The molecule has 1 aliphatic heterocycles. The monoisotopic (exact) mass is 263 g/mol. The predicted molar refractivity (Wildman–Crippen MR) is 71.3 cm³/mol. The third-order valence-corrected chi connectivity index (χ3v) is 3.10. The molecule has 1 saturated heterocycles. The molecule has 0 unspecified atom stereocenters. The number of carbonyl (C=O) groups is 2. The molecule has 1 aliphatic rings. The summed E-state index contributed by atoms with van der Waals surface area (Å²) < 4.78 is 5.46. The van der Waals surface area contributed by atoms with Crippen molar-refractivity contribution in [2.24, 2.45) is 0 Å². The molecule has 0 aromatic heterocycles. The van der Waals surface area contributed by atoms with E-state index >= 15 is 0 Å². The first-order chi connectivity index (χ1) is 8.69. The molecular formula is C13H13NO3S. The van der Waals surface area contributed by atoms with Crippen molar-refractivity contribution >= 4 is 29.0 Å². The predicted octanol–water partition coefficient (Wildman–Crippen LogP) is 2.80. The Morgan fingerprint density at radius 2 is 2.00 bits per heavy atom. The number of rotatable bonds is 4. The average molecular weight is 263 g/mol. The van der Waals surface area contributed by atoms with E-state index in [9.17, 15) is 9.59 Å². The third-order valence-electron chi connectivity index (χ3n) is 2.29. The van der Waals surface area contributed by atoms with Crippen LogP contribution in [-0.2, 0) is 4.79 Å². The molecule has 1 aromatic carbocycles. The van der Waals surface area contributed by atoms with Crippen LogP contribution in [0.25, 0.3) is 6.08 Å². The normalized spacial score (nSPS) is 17.1. The van der Waals surface area contributed by atoms with E-state index in [1.54, 1.807) is 6.08 Å². The summed E-state index contributed by atoms with van der Waals surface area (Å²) in [5, 5.41) is 1.89. The number of ether oxygens (including phenoxy) is 1. The molecule has 0 radical (unpaired) electrons. The van der Waals surface area contributed by atoms with Gasteiger partial charge in [-0.05, 0) is 42.0 Å². The third kappa shape index (κ3) is 3.13. The molecule has 0 saturated carbocycles. The lowest BCUT2D eigenvalue weighted by Gasteiger charge is -2.04. The number of thioether (sulfide) groups is 1. The van der Waals surface area contributed by atoms with E-state index < -0.39 is 0 Å². The van der Waals surface area contributed by atoms with Gasteiger partial charge in [-0.2, -0.15) is 0 Å². The Morgan fingerprint density at radius 1 is 1.28 bits per heavy atom. The van der Waals surface area contributed by atoms with Gasteiger partial charge >= 0.3 is 0 Å². The van der Waals surface area contributed by atoms with Gasteiger partial charge in [-0.3, -0.25) is 14.9 Å². The molecular weight excluding hydrogens is 250 g/mol. The molecule has 0 bridgehead atoms. The van der Waals surface area contributed by atoms with Crippen LogP contribution in [-0.4, -0.2) is 17.8 Å². The first-order valence-corrected chi connectivity index (χ1v) is 6.48. The highest BCUT2D eigenvalue weighted by Crippen LogP contribution is 2.26. The average Bonchev–Trinajstić information content (AvgIpc) is 2.67. The number of amides is 2. The van der Waals surface area contributed by atoms with Gasteiger partial charge in [0, 0.05) is 0 Å². The summed E-state index contributed by atoms with van der Waals surface area (Å²) in [5.74, 6) is 0.468. The summed E-state index contributed by atoms with van der Waals surface area (Å²) in [6, 6.07) is 7.41. The van der Waals surface area contributed by atoms with E-state index in [4.69, 9.17) is 4.74 Å². The quantitative estimate of drug-likeness (QED) is 0.849. The number of hydrogen-bond acceptors (Lipinski definition) is 4. The van der Waals surface area contributed by atoms with Crippen LogP contribution in [0.3, 0.4) is 0 Å². The minimum absolute atomic E-state index is 0.325. The summed E-state index contributed by atoms with van der Waals surface area (Å²) in [5.41, 5.74) is 0.867. The molecule has 2 rings (SSSR count). The van der Waals surface area contributed by atoms with Gasteiger partial charge in [0.1, 0.15) is 5.75 Å². The maximum absolute atomic E-state index is 11.4. The van der Waals surface area contributed by atoms with Gasteiger partial charge in [0.2, 0.25) is 0 Å². The zero-order chi connectivity index (χ0) is 13.0. The maximum Gasteiger partial charge on any atom is 0.290 e. The fraction of sp³-hybridized carbons (Fsp3) is 0.231. The van der Waals surface area contributed by atoms with E-state index in [0.29, 0.717) is 11.5 Å². The lowest BCUT2D eigenvalue weighted by molar-refractivity contribution is -0.115. The van der Waals surface area contributed by atoms with Crippen molar-refractivity contribution in [3.63, 3.8) is 0 Å². The van der Waals surface area contributed by atoms with E-state index in [0.717, 1.165) is 29.5 Å². The maximum atomic E-state index is 11.4. The second-order valence-electron chi connectivity index (χ2n) is 3.77. The van der Waals surface area contributed by atoms with Gasteiger partial charge in [0.25, 0.3) is 11.1 Å². The standard InChI is InChI=1S/C13H13NO3S/c1-2-7-17-10-5-3-9(4-6-10)8-11-12(15)14-13(16)18-11/h3-6,8H,2,7H2,1H3,(H,14,15,16)/b11-8+. The minimum atomic E-state index is -0.337. The van der Waals surface area contributed by atoms with Crippen molar-refractivity contribution in [1.82, 2.24) is 5.32 Å². The number of imide groups is 1. The first kappa shape index (κ1) is 12.7. The summed E-state index contributed by atoms with van der Waals surface area (Å²) >= 11 is 0.917. The second kappa shape index (κ2) is 5.73. The van der Waals surface area contributed by atoms with Crippen molar-refractivity contribution in [3.8, 4) is 5.75 Å². The number of nitrogens with one attached hydrogen (secondary N) is 1. The Labute approximate surface area is 109 Å². The molecule has 2 amide bonds. The van der Waals surface area contributed by atoms with Crippen LogP contribution in [0.15, 0.2) is 29.2 Å². The highest BCUT2D eigenvalue weighted by Gasteiger charge is 2.24. The van der Waals surface area contributed by atoms with Gasteiger partial charge in [-0.25, -0.2) is 0 Å². The molecule has 1 aromatic rings. The lowest BCUT2D eigenvalue weighted by atomic mass is 10.2. The molecule has 0 atom stereocenters. The van der Waals surface area contributed by atoms with Crippen LogP contribution in [0.2, 0.25) is 0 Å². The van der Waals surface area contributed by atoms with Gasteiger partial charge in [-0.15, -0.1) is 0 Å². The van der Waals surface area contributed by atoms with Gasteiger partial charge in [0.05, 0.1) is 11.5 Å². The van der Waals surface area contributed by atoms with E-state index in [1.165, 1.54) is 0 Å². The number of benzene rings is 1. The van der Waals surface area contributed by atoms with Crippen LogP contribution >= 0.6 is 11.8 Å². The Bertz CT molecular complexity index is 493. The Hall–Kier alpha value is -1.75. The second-order valence-corrected chi connectivity index (χ2v) is 4.78. The van der Waals surface area contributed by atoms with Crippen LogP contribution in [0.4, 0.5) is 4.79 Å². The molecule has 18 heavy (non-hydrogen) atoms. The molecule has 1 fully saturated rings. The summed E-state index contributed by atoms with van der Waals surface area (Å²) in [6.45, 7) is 2.74. The molecule has 94 valence electrons. The number of hydrogen-bond donors (Lipinski definition) is 1. The van der Waals surface area contributed by atoms with Crippen molar-refractivity contribution in [2.45, 2.75) is 13.3 Å². The minimum Gasteiger partial charge on any atom is -0.494 e. The highest BCUT2D eigenvalue weighted by molar-refractivity contribution is 8.18. The largest absolute Gasteiger partial charge is 0.494 e. The van der Waals surface area contributed by atoms with Gasteiger partial charge in [0.15, 0.2) is 0 Å². The van der Waals surface area contributed by atoms with E-state index in [1.807, 2.05) is 31.2 Å². The zero-order valence-corrected chi connectivity index (χ0v) is 10.8. The van der Waals surface area contributed by atoms with Gasteiger partial charge < -0.3 is 4.74 Å². The molecule has 1 N–H and O–H groups in total. The van der Waals surface area contributed by atoms with Crippen LogP contribution in [0, 0.1) is 0 Å². The molecule has 1 heterocycles. The summed E-state index contributed by atoms with van der Waals surface area (Å²) in [6.07, 6.45) is 2.65. The van der Waals surface area contributed by atoms with E-state index in [2.05, 4.69) is 5.32 Å². The zero-order valence-electron chi connectivity index (χ0n) is 9.93. The van der Waals surface area contributed by atoms with Gasteiger partial charge in [-0.1, -0.05) is 19.1 Å². The smallest absolute Gasteiger partial charge is 0.290 e. The Kier molecular flexibility index (Phi) is 4.04. The highest BCUT2D eigenvalue weighted by atomic mass is 32.2. The molecule has 0 aliphatic carbocycles. The van der Waals surface area contributed by atoms with E-state index in [-0.39, 0.29) is 11.1 Å². The molecule has 5 heteroatoms. The number of carbonyl (C=O) groups excluding carboxylic acids is 2. The molecule has 0 spiro atoms. The van der Waals surface area contributed by atoms with Crippen LogP contribution in [0.1, 0.15) is 18.9 Å². The van der Waals surface area contributed by atoms with Crippen LogP contribution in [0.5, 0.6) is 5.75 Å². The fourth-order valence-corrected chi connectivity index (χ4v) is 2.13. The van der Waals surface area contributed by atoms with Crippen molar-refractivity contribution in [3.05, 3.63) is 34.7 Å². The van der Waals surface area contributed by atoms with Crippen molar-refractivity contribution < 1.29 is 14.3 Å². The summed E-state index contributed by atoms with van der Waals surface area (Å²) in [7, 11) is 0. The Morgan fingerprint density at radius 3 is 2.56 bits per heavy atom. The topological polar surface area (TPSA) is 55.4 Å². The first-order valence-electron chi connectivity index (χ1n) is 5.67. The fourth-order valence-electron chi connectivity index (χ4n) is 1.45. The summed E-state index contributed by atoms with van der Waals surface area (Å²) in [4.78, 5) is 22.8. The SMILES string of the molecule is CCCOc1ccc(/C=C2/SC(=O)NC2=O)cc1. The lowest BCUT2D eigenvalue weighted by Crippen LogP contribution is -2.17. The van der Waals surface area contributed by atoms with Crippen LogP contribution < -0.4 is 10.1 Å². The van der Waals surface area contributed by atoms with Crippen molar-refractivity contribution in [1.29, 1.82) is 0 Å². The molecule has 4 nitrogen and oxygen atoms in total.